The van der Waals surface area contributed by atoms with Crippen molar-refractivity contribution in [3.05, 3.63) is 29.8 Å². The molecule has 1 heterocycles. The minimum Gasteiger partial charge on any atom is -0.378 e. The number of nitrogens with zero attached hydrogens (tertiary/aromatic N) is 2. The quantitative estimate of drug-likeness (QED) is 0.627. The second-order valence-corrected chi connectivity index (χ2v) is 5.59. The molecule has 1 aromatic carbocycles. The van der Waals surface area contributed by atoms with Crippen molar-refractivity contribution >= 4 is 11.8 Å². The highest BCUT2D eigenvalue weighted by Gasteiger charge is 2.35. The molecule has 0 unspecified atom stereocenters. The summed E-state index contributed by atoms with van der Waals surface area (Å²) in [5.74, 6) is 0. The van der Waals surface area contributed by atoms with Gasteiger partial charge in [0.25, 0.3) is 0 Å². The lowest BCUT2D eigenvalue weighted by Gasteiger charge is -2.30. The van der Waals surface area contributed by atoms with E-state index >= 15 is 0 Å². The first kappa shape index (κ1) is 13.3. The van der Waals surface area contributed by atoms with Gasteiger partial charge in [0, 0.05) is 18.8 Å². The van der Waals surface area contributed by atoms with Crippen LogP contribution in [0.5, 0.6) is 0 Å². The Morgan fingerprint density at radius 1 is 1.20 bits per heavy atom. The number of anilines is 1. The van der Waals surface area contributed by atoms with Crippen LogP contribution in [0.4, 0.5) is 5.69 Å². The van der Waals surface area contributed by atoms with Gasteiger partial charge in [0.15, 0.2) is 0 Å². The molecule has 0 N–H and O–H groups in total. The molecule has 2 fully saturated rings. The van der Waals surface area contributed by atoms with Crippen molar-refractivity contribution < 1.29 is 9.53 Å². The van der Waals surface area contributed by atoms with E-state index in [0.717, 1.165) is 57.6 Å². The second kappa shape index (κ2) is 5.78. The summed E-state index contributed by atoms with van der Waals surface area (Å²) in [7, 11) is 0. The van der Waals surface area contributed by atoms with Gasteiger partial charge in [0.2, 0.25) is 6.08 Å². The molecule has 2 aliphatic rings. The Bertz CT molecular complexity index is 511. The fourth-order valence-corrected chi connectivity index (χ4v) is 3.33. The Kier molecular flexibility index (Phi) is 3.86. The number of isocyanates is 1. The van der Waals surface area contributed by atoms with Gasteiger partial charge in [0.05, 0.1) is 18.8 Å². The molecular formula is C16H20N2O2. The fourth-order valence-electron chi connectivity index (χ4n) is 3.33. The zero-order chi connectivity index (χ0) is 13.8. The average molecular weight is 272 g/mol. The molecule has 20 heavy (non-hydrogen) atoms. The number of hydrogen-bond acceptors (Lipinski definition) is 4. The summed E-state index contributed by atoms with van der Waals surface area (Å²) in [6, 6.07) is 8.48. The lowest BCUT2D eigenvalue weighted by molar-refractivity contribution is 0.122. The Morgan fingerprint density at radius 3 is 2.65 bits per heavy atom. The lowest BCUT2D eigenvalue weighted by Crippen LogP contribution is -2.36. The summed E-state index contributed by atoms with van der Waals surface area (Å²) in [4.78, 5) is 17.3. The summed E-state index contributed by atoms with van der Waals surface area (Å²) < 4.78 is 5.40. The van der Waals surface area contributed by atoms with Crippen molar-refractivity contribution in [3.63, 3.8) is 0 Å². The van der Waals surface area contributed by atoms with E-state index in [-0.39, 0.29) is 5.54 Å². The minimum atomic E-state index is -0.329. The van der Waals surface area contributed by atoms with E-state index < -0.39 is 0 Å². The monoisotopic (exact) mass is 272 g/mol. The van der Waals surface area contributed by atoms with Crippen LogP contribution < -0.4 is 4.90 Å². The Labute approximate surface area is 119 Å². The van der Waals surface area contributed by atoms with Crippen molar-refractivity contribution in [3.8, 4) is 0 Å². The van der Waals surface area contributed by atoms with E-state index in [4.69, 9.17) is 4.74 Å². The molecule has 0 amide bonds. The Hall–Kier alpha value is -1.64. The molecule has 0 spiro atoms. The minimum absolute atomic E-state index is 0.329. The Balaban J connectivity index is 1.91. The molecule has 1 saturated heterocycles. The van der Waals surface area contributed by atoms with Crippen LogP contribution in [0.1, 0.15) is 31.2 Å². The third-order valence-corrected chi connectivity index (χ3v) is 4.45. The second-order valence-electron chi connectivity index (χ2n) is 5.59. The first-order valence-electron chi connectivity index (χ1n) is 7.36. The van der Waals surface area contributed by atoms with Gasteiger partial charge in [-0.25, -0.2) is 4.79 Å². The van der Waals surface area contributed by atoms with Crippen molar-refractivity contribution in [1.29, 1.82) is 0 Å². The zero-order valence-corrected chi connectivity index (χ0v) is 11.7. The highest BCUT2D eigenvalue weighted by Crippen LogP contribution is 2.42. The molecule has 3 rings (SSSR count). The van der Waals surface area contributed by atoms with Crippen molar-refractivity contribution in [2.24, 2.45) is 4.99 Å². The standard InChI is InChI=1S/C16H20N2O2/c19-13-17-16(6-1-2-7-16)14-4-3-5-15(12-14)18-8-10-20-11-9-18/h3-5,12H,1-2,6-11H2. The van der Waals surface area contributed by atoms with Gasteiger partial charge in [-0.3, -0.25) is 0 Å². The molecule has 0 bridgehead atoms. The maximum absolute atomic E-state index is 10.8. The van der Waals surface area contributed by atoms with Crippen LogP contribution in [0.25, 0.3) is 0 Å². The topological polar surface area (TPSA) is 41.9 Å². The average Bonchev–Trinajstić information content (AvgIpc) is 2.99. The third kappa shape index (κ3) is 2.49. The van der Waals surface area contributed by atoms with Gasteiger partial charge < -0.3 is 9.64 Å². The predicted octanol–water partition coefficient (Wildman–Crippen LogP) is 2.63. The molecule has 106 valence electrons. The van der Waals surface area contributed by atoms with Crippen LogP contribution in [0.2, 0.25) is 0 Å². The number of ether oxygens (including phenoxy) is 1. The zero-order valence-electron chi connectivity index (χ0n) is 11.7. The maximum Gasteiger partial charge on any atom is 0.235 e. The van der Waals surface area contributed by atoms with Gasteiger partial charge in [-0.05, 0) is 30.5 Å². The number of benzene rings is 1. The van der Waals surface area contributed by atoms with E-state index in [0.29, 0.717) is 0 Å². The third-order valence-electron chi connectivity index (χ3n) is 4.45. The van der Waals surface area contributed by atoms with E-state index in [1.54, 1.807) is 6.08 Å². The molecule has 0 radical (unpaired) electrons. The van der Waals surface area contributed by atoms with Gasteiger partial charge >= 0.3 is 0 Å². The lowest BCUT2D eigenvalue weighted by atomic mass is 9.88. The van der Waals surface area contributed by atoms with Gasteiger partial charge in [0.1, 0.15) is 0 Å². The molecular weight excluding hydrogens is 252 g/mol. The van der Waals surface area contributed by atoms with E-state index in [9.17, 15) is 4.79 Å². The van der Waals surface area contributed by atoms with Crippen molar-refractivity contribution in [2.45, 2.75) is 31.2 Å². The first-order chi connectivity index (χ1) is 9.84. The summed E-state index contributed by atoms with van der Waals surface area (Å²) in [6.45, 7) is 3.41. The predicted molar refractivity (Wildman–Crippen MR) is 77.7 cm³/mol. The number of carbonyl (C=O) groups excluding carboxylic acids is 1. The number of morpholine rings is 1. The summed E-state index contributed by atoms with van der Waals surface area (Å²) in [5, 5.41) is 0. The number of hydrogen-bond donors (Lipinski definition) is 0. The molecule has 0 atom stereocenters. The fraction of sp³-hybridized carbons (Fsp3) is 0.562. The highest BCUT2D eigenvalue weighted by molar-refractivity contribution is 5.51. The van der Waals surface area contributed by atoms with Gasteiger partial charge in [-0.2, -0.15) is 4.99 Å². The normalized spacial score (nSPS) is 21.5. The molecule has 0 aromatic heterocycles. The van der Waals surface area contributed by atoms with Crippen molar-refractivity contribution in [1.82, 2.24) is 0 Å². The molecule has 1 aliphatic heterocycles. The largest absolute Gasteiger partial charge is 0.378 e. The van der Waals surface area contributed by atoms with Crippen molar-refractivity contribution in [2.75, 3.05) is 31.2 Å². The van der Waals surface area contributed by atoms with Crippen LogP contribution in [-0.2, 0) is 15.1 Å². The van der Waals surface area contributed by atoms with Gasteiger partial charge in [-0.15, -0.1) is 0 Å². The van der Waals surface area contributed by atoms with Crippen LogP contribution in [-0.4, -0.2) is 32.4 Å². The van der Waals surface area contributed by atoms with Crippen LogP contribution in [0, 0.1) is 0 Å². The summed E-state index contributed by atoms with van der Waals surface area (Å²) >= 11 is 0. The smallest absolute Gasteiger partial charge is 0.235 e. The molecule has 1 saturated carbocycles. The Morgan fingerprint density at radius 2 is 1.95 bits per heavy atom. The van der Waals surface area contributed by atoms with E-state index in [2.05, 4.69) is 34.2 Å². The van der Waals surface area contributed by atoms with E-state index in [1.807, 2.05) is 0 Å². The maximum atomic E-state index is 10.8. The molecule has 4 nitrogen and oxygen atoms in total. The highest BCUT2D eigenvalue weighted by atomic mass is 16.5. The SMILES string of the molecule is O=C=NC1(c2cccc(N3CCOCC3)c2)CCCC1. The number of aliphatic imine (C=N–C) groups is 1. The van der Waals surface area contributed by atoms with Crippen LogP contribution in [0.3, 0.4) is 0 Å². The first-order valence-corrected chi connectivity index (χ1v) is 7.36. The number of rotatable bonds is 3. The molecule has 1 aromatic rings. The van der Waals surface area contributed by atoms with Crippen LogP contribution in [0.15, 0.2) is 29.3 Å². The molecule has 1 aliphatic carbocycles. The molecule has 4 heteroatoms. The van der Waals surface area contributed by atoms with Crippen LogP contribution >= 0.6 is 0 Å². The van der Waals surface area contributed by atoms with Gasteiger partial charge in [-0.1, -0.05) is 25.0 Å². The summed E-state index contributed by atoms with van der Waals surface area (Å²) in [6.07, 6.45) is 5.96. The summed E-state index contributed by atoms with van der Waals surface area (Å²) in [5.41, 5.74) is 2.03. The van der Waals surface area contributed by atoms with E-state index in [1.165, 1.54) is 5.69 Å².